The van der Waals surface area contributed by atoms with Gasteiger partial charge in [0.15, 0.2) is 0 Å². The van der Waals surface area contributed by atoms with Crippen molar-refractivity contribution in [2.24, 2.45) is 5.41 Å². The second-order valence-corrected chi connectivity index (χ2v) is 7.37. The molecule has 0 saturated carbocycles. The molecule has 0 heterocycles. The van der Waals surface area contributed by atoms with Crippen LogP contribution in [0.15, 0.2) is 30.3 Å². The Morgan fingerprint density at radius 1 is 1.14 bits per heavy atom. The van der Waals surface area contributed by atoms with E-state index in [1.165, 1.54) is 12.1 Å². The molecule has 0 saturated heterocycles. The summed E-state index contributed by atoms with van der Waals surface area (Å²) in [5, 5.41) is 16.6. The Morgan fingerprint density at radius 3 is 2.14 bits per heavy atom. The van der Waals surface area contributed by atoms with Crippen LogP contribution in [0.25, 0.3) is 2.82 Å². The van der Waals surface area contributed by atoms with Gasteiger partial charge in [-0.2, -0.15) is 0 Å². The summed E-state index contributed by atoms with van der Waals surface area (Å²) in [4.78, 5) is 23.1. The first-order valence-corrected chi connectivity index (χ1v) is 8.34. The Labute approximate surface area is 137 Å². The van der Waals surface area contributed by atoms with Crippen molar-refractivity contribution >= 4 is 52.8 Å². The second-order valence-electron chi connectivity index (χ2n) is 4.79. The van der Waals surface area contributed by atoms with Crippen LogP contribution in [0.4, 0.5) is 0 Å². The molecule has 1 atom stereocenters. The molecule has 9 heteroatoms. The van der Waals surface area contributed by atoms with Gasteiger partial charge in [0, 0.05) is 0 Å². The summed E-state index contributed by atoms with van der Waals surface area (Å²) in [6.07, 6.45) is 0.921. The Bertz CT molecular complexity index is 752. The first kappa shape index (κ1) is 16.2. The molecule has 2 rings (SSSR count). The van der Waals surface area contributed by atoms with E-state index in [4.69, 9.17) is 0 Å². The number of hydrogen-bond donors (Lipinski definition) is 3. The molecule has 21 heavy (non-hydrogen) atoms. The van der Waals surface area contributed by atoms with Crippen LogP contribution in [0.3, 0.4) is 0 Å². The van der Waals surface area contributed by atoms with Crippen molar-refractivity contribution in [3.8, 4) is 0 Å². The molecular weight excluding hydrogens is 311 g/mol. The van der Waals surface area contributed by atoms with Gasteiger partial charge in [-0.05, 0) is 0 Å². The monoisotopic (exact) mass is 320 g/mol. The van der Waals surface area contributed by atoms with Crippen LogP contribution in [0.1, 0.15) is 16.4 Å². The molecule has 0 aromatic heterocycles. The van der Waals surface area contributed by atoms with E-state index in [1.54, 1.807) is 12.1 Å². The van der Waals surface area contributed by atoms with Crippen LogP contribution in [0, 0.1) is 5.41 Å². The molecular formula is C12H9NaO7S. The number of aliphatic carboxylic acids is 2. The molecule has 1 aliphatic carbocycles. The molecule has 0 aliphatic heterocycles. The summed E-state index contributed by atoms with van der Waals surface area (Å²) in [5.41, 5.74) is -2.30. The summed E-state index contributed by atoms with van der Waals surface area (Å²) in [6, 6.07) is 5.98. The van der Waals surface area contributed by atoms with Gasteiger partial charge in [0.25, 0.3) is 0 Å². The van der Waals surface area contributed by atoms with Crippen molar-refractivity contribution in [2.45, 2.75) is 5.25 Å². The van der Waals surface area contributed by atoms with E-state index in [0.29, 0.717) is 36.3 Å². The third-order valence-corrected chi connectivity index (χ3v) is 5.58. The van der Waals surface area contributed by atoms with Crippen molar-refractivity contribution in [1.29, 1.82) is 0 Å². The summed E-state index contributed by atoms with van der Waals surface area (Å²) in [7, 11) is -4.95. The van der Waals surface area contributed by atoms with Crippen molar-refractivity contribution in [1.82, 2.24) is 0 Å². The van der Waals surface area contributed by atoms with Gasteiger partial charge < -0.3 is 0 Å². The molecule has 1 aliphatic rings. The van der Waals surface area contributed by atoms with E-state index >= 15 is 0 Å². The molecule has 1 aromatic carbocycles. The first-order chi connectivity index (χ1) is 9.62. The Hall–Kier alpha value is -1.19. The average molecular weight is 320 g/mol. The number of carbonyl (C=O) groups is 2. The standard InChI is InChI=1S/C12H9O7S.Na/c13-10(14)12(11(15)16)6-5-7-3-1-2-4-8(7)9(12)20(17,18)19;/h1-4,6,9H,(H,13,14)(H,15,16)(H,17,18,19);. The van der Waals surface area contributed by atoms with Gasteiger partial charge in [-0.1, -0.05) is 0 Å². The van der Waals surface area contributed by atoms with Gasteiger partial charge in [0.05, 0.1) is 0 Å². The SMILES string of the molecule is O=C(O)C1(C(=O)O)C=[C]([Na])c2ccccc2C1S(=O)(=O)O. The number of hydrogen-bond acceptors (Lipinski definition) is 4. The number of carboxylic acids is 2. The van der Waals surface area contributed by atoms with Gasteiger partial charge in [-0.3, -0.25) is 0 Å². The molecule has 0 bridgehead atoms. The summed E-state index contributed by atoms with van der Waals surface area (Å²) in [6.45, 7) is 0. The predicted octanol–water partition coefficient (Wildman–Crippen LogP) is 0.294. The molecule has 1 aromatic rings. The fraction of sp³-hybridized carbons (Fsp3) is 0.167. The van der Waals surface area contributed by atoms with Crippen LogP contribution in [0.5, 0.6) is 0 Å². The first-order valence-electron chi connectivity index (χ1n) is 5.84. The van der Waals surface area contributed by atoms with Crippen molar-refractivity contribution in [3.05, 3.63) is 41.5 Å². The molecule has 3 N–H and O–H groups in total. The van der Waals surface area contributed by atoms with E-state index in [1.807, 2.05) is 0 Å². The van der Waals surface area contributed by atoms with Crippen LogP contribution in [-0.2, 0) is 19.7 Å². The summed E-state index contributed by atoms with van der Waals surface area (Å²) in [5.74, 6) is -3.67. The minimum atomic E-state index is -4.95. The summed E-state index contributed by atoms with van der Waals surface area (Å²) < 4.78 is 33.3. The topological polar surface area (TPSA) is 129 Å². The minimum absolute atomic E-state index is 0.0164. The number of carboxylic acid groups (broad SMARTS) is 2. The predicted molar refractivity (Wildman–Crippen MR) is 72.2 cm³/mol. The molecule has 0 radical (unpaired) electrons. The Morgan fingerprint density at radius 2 is 1.67 bits per heavy atom. The molecule has 0 spiro atoms. The van der Waals surface area contributed by atoms with E-state index in [2.05, 4.69) is 0 Å². The zero-order valence-corrected chi connectivity index (χ0v) is 13.7. The van der Waals surface area contributed by atoms with Gasteiger partial charge in [-0.25, -0.2) is 0 Å². The summed E-state index contributed by atoms with van der Waals surface area (Å²) >= 11 is 0.326. The maximum atomic E-state index is 11.7. The number of fused-ring (bicyclic) bond motifs is 1. The molecule has 106 valence electrons. The van der Waals surface area contributed by atoms with Crippen LogP contribution >= 0.6 is 0 Å². The molecule has 1 unspecified atom stereocenters. The van der Waals surface area contributed by atoms with Crippen LogP contribution < -0.4 is 0 Å². The third kappa shape index (κ3) is 2.43. The zero-order valence-electron chi connectivity index (χ0n) is 10.8. The maximum absolute atomic E-state index is 11.7. The van der Waals surface area contributed by atoms with Crippen LogP contribution in [-0.4, -0.2) is 63.1 Å². The van der Waals surface area contributed by atoms with Gasteiger partial charge in [0.2, 0.25) is 0 Å². The second kappa shape index (κ2) is 5.22. The van der Waals surface area contributed by atoms with E-state index in [9.17, 15) is 32.8 Å². The van der Waals surface area contributed by atoms with E-state index in [0.717, 1.165) is 6.08 Å². The normalized spacial score (nSPS) is 20.3. The van der Waals surface area contributed by atoms with E-state index < -0.39 is 32.7 Å². The van der Waals surface area contributed by atoms with Gasteiger partial charge in [0.1, 0.15) is 0 Å². The van der Waals surface area contributed by atoms with E-state index in [-0.39, 0.29) is 5.56 Å². The van der Waals surface area contributed by atoms with Crippen LogP contribution in [0.2, 0.25) is 0 Å². The van der Waals surface area contributed by atoms with Crippen molar-refractivity contribution in [3.63, 3.8) is 0 Å². The quantitative estimate of drug-likeness (QED) is 0.415. The average Bonchev–Trinajstić information content (AvgIpc) is 2.36. The molecule has 7 nitrogen and oxygen atoms in total. The fourth-order valence-corrected chi connectivity index (χ4v) is 4.84. The zero-order chi connectivity index (χ0) is 16.0. The third-order valence-electron chi connectivity index (χ3n) is 3.53. The Balaban J connectivity index is 2.94. The fourth-order valence-electron chi connectivity index (χ4n) is 2.66. The molecule has 0 amide bonds. The number of benzene rings is 1. The van der Waals surface area contributed by atoms with Crippen molar-refractivity contribution < 1.29 is 32.8 Å². The van der Waals surface area contributed by atoms with Crippen molar-refractivity contribution in [2.75, 3.05) is 0 Å². The number of rotatable bonds is 3. The Kier molecular flexibility index (Phi) is 4.02. The molecule has 0 fully saturated rings. The van der Waals surface area contributed by atoms with Gasteiger partial charge in [-0.15, -0.1) is 0 Å². The van der Waals surface area contributed by atoms with Gasteiger partial charge >= 0.3 is 138 Å².